The van der Waals surface area contributed by atoms with Crippen molar-refractivity contribution in [2.45, 2.75) is 39.5 Å². The van der Waals surface area contributed by atoms with Gasteiger partial charge in [-0.15, -0.1) is 0 Å². The maximum atomic E-state index is 6.11. The third-order valence-corrected chi connectivity index (χ3v) is 3.21. The van der Waals surface area contributed by atoms with Gasteiger partial charge in [0.1, 0.15) is 11.5 Å². The number of para-hydroxylation sites is 2. The summed E-state index contributed by atoms with van der Waals surface area (Å²) in [6.45, 7) is 8.78. The predicted molar refractivity (Wildman–Crippen MR) is 80.0 cm³/mol. The smallest absolute Gasteiger partial charge is 0.135 e. The lowest BCUT2D eigenvalue weighted by Gasteiger charge is -2.19. The zero-order valence-electron chi connectivity index (χ0n) is 12.1. The van der Waals surface area contributed by atoms with E-state index in [4.69, 9.17) is 4.74 Å². The van der Waals surface area contributed by atoms with Gasteiger partial charge in [0.15, 0.2) is 0 Å². The van der Waals surface area contributed by atoms with Gasteiger partial charge in [0.2, 0.25) is 0 Å². The third-order valence-electron chi connectivity index (χ3n) is 3.21. The molecule has 2 rings (SSSR count). The molecule has 0 aromatic heterocycles. The van der Waals surface area contributed by atoms with E-state index in [0.717, 1.165) is 11.5 Å². The van der Waals surface area contributed by atoms with Crippen LogP contribution in [0.15, 0.2) is 42.5 Å². The molecule has 0 saturated carbocycles. The first-order valence-corrected chi connectivity index (χ1v) is 6.87. The van der Waals surface area contributed by atoms with Crippen LogP contribution < -0.4 is 4.74 Å². The Morgan fingerprint density at radius 3 is 1.95 bits per heavy atom. The molecule has 2 aromatic carbocycles. The molecule has 0 aliphatic rings. The Labute approximate surface area is 116 Å². The van der Waals surface area contributed by atoms with Gasteiger partial charge in [0, 0.05) is 6.07 Å². The number of hydrogen-bond acceptors (Lipinski definition) is 1. The maximum Gasteiger partial charge on any atom is 0.135 e. The second kappa shape index (κ2) is 5.92. The van der Waals surface area contributed by atoms with Crippen molar-refractivity contribution >= 4 is 0 Å². The third kappa shape index (κ3) is 3.17. The van der Waals surface area contributed by atoms with Gasteiger partial charge < -0.3 is 4.74 Å². The standard InChI is InChI=1S/C18H21O/c1-13(2)16-11-8-12-17(14(3)4)18(16)19-15-9-6-5-7-10-15/h5-9,11-14H,1-4H3. The molecule has 0 fully saturated rings. The molecule has 0 heterocycles. The fourth-order valence-corrected chi connectivity index (χ4v) is 2.15. The first kappa shape index (κ1) is 13.7. The molecule has 0 spiro atoms. The normalized spacial score (nSPS) is 11.1. The van der Waals surface area contributed by atoms with E-state index in [1.54, 1.807) is 0 Å². The number of ether oxygens (including phenoxy) is 1. The van der Waals surface area contributed by atoms with Crippen LogP contribution in [0.5, 0.6) is 11.5 Å². The van der Waals surface area contributed by atoms with Crippen molar-refractivity contribution in [3.05, 3.63) is 59.7 Å². The van der Waals surface area contributed by atoms with Gasteiger partial charge in [-0.2, -0.15) is 0 Å². The average molecular weight is 253 g/mol. The lowest BCUT2D eigenvalue weighted by atomic mass is 9.94. The minimum atomic E-state index is 0.442. The highest BCUT2D eigenvalue weighted by atomic mass is 16.5. The average Bonchev–Trinajstić information content (AvgIpc) is 2.39. The van der Waals surface area contributed by atoms with Crippen molar-refractivity contribution in [3.8, 4) is 11.5 Å². The SMILES string of the molecule is CC(C)c1cccc(C(C)C)c1Oc1[c]cccc1. The van der Waals surface area contributed by atoms with Gasteiger partial charge >= 0.3 is 0 Å². The fraction of sp³-hybridized carbons (Fsp3) is 0.333. The van der Waals surface area contributed by atoms with Crippen LogP contribution in [-0.4, -0.2) is 0 Å². The van der Waals surface area contributed by atoms with E-state index in [2.05, 4.69) is 52.0 Å². The Bertz CT molecular complexity index is 500. The van der Waals surface area contributed by atoms with Crippen LogP contribution in [0.4, 0.5) is 0 Å². The summed E-state index contributed by atoms with van der Waals surface area (Å²) in [5, 5.41) is 0. The first-order valence-electron chi connectivity index (χ1n) is 6.87. The Kier molecular flexibility index (Phi) is 4.26. The highest BCUT2D eigenvalue weighted by Crippen LogP contribution is 2.37. The summed E-state index contributed by atoms with van der Waals surface area (Å²) in [5.74, 6) is 2.65. The van der Waals surface area contributed by atoms with E-state index in [9.17, 15) is 0 Å². The number of rotatable bonds is 4. The Morgan fingerprint density at radius 2 is 1.47 bits per heavy atom. The molecule has 1 radical (unpaired) electrons. The molecule has 99 valence electrons. The Balaban J connectivity index is 2.46. The lowest BCUT2D eigenvalue weighted by Crippen LogP contribution is -2.00. The summed E-state index contributed by atoms with van der Waals surface area (Å²) in [7, 11) is 0. The van der Waals surface area contributed by atoms with Crippen LogP contribution in [0.25, 0.3) is 0 Å². The summed E-state index contributed by atoms with van der Waals surface area (Å²) >= 11 is 0. The largest absolute Gasteiger partial charge is 0.456 e. The fourth-order valence-electron chi connectivity index (χ4n) is 2.15. The first-order chi connectivity index (χ1) is 9.09. The van der Waals surface area contributed by atoms with Gasteiger partial charge in [0.25, 0.3) is 0 Å². The summed E-state index contributed by atoms with van der Waals surface area (Å²) in [6, 6.07) is 17.3. The highest BCUT2D eigenvalue weighted by Gasteiger charge is 2.15. The summed E-state index contributed by atoms with van der Waals surface area (Å²) in [4.78, 5) is 0. The summed E-state index contributed by atoms with van der Waals surface area (Å²) < 4.78 is 6.11. The molecule has 0 amide bonds. The Hall–Kier alpha value is -1.76. The van der Waals surface area contributed by atoms with Crippen molar-refractivity contribution < 1.29 is 4.74 Å². The molecule has 0 atom stereocenters. The second-order valence-electron chi connectivity index (χ2n) is 5.40. The van der Waals surface area contributed by atoms with Crippen LogP contribution in [0.3, 0.4) is 0 Å². The van der Waals surface area contributed by atoms with Crippen molar-refractivity contribution in [1.29, 1.82) is 0 Å². The molecule has 1 nitrogen and oxygen atoms in total. The minimum absolute atomic E-state index is 0.442. The van der Waals surface area contributed by atoms with Crippen LogP contribution in [0.2, 0.25) is 0 Å². The molecule has 0 N–H and O–H groups in total. The van der Waals surface area contributed by atoms with Crippen LogP contribution in [0.1, 0.15) is 50.7 Å². The minimum Gasteiger partial charge on any atom is -0.456 e. The quantitative estimate of drug-likeness (QED) is 0.696. The molecule has 1 heteroatoms. The van der Waals surface area contributed by atoms with Gasteiger partial charge in [-0.1, -0.05) is 64.1 Å². The zero-order valence-corrected chi connectivity index (χ0v) is 12.1. The van der Waals surface area contributed by atoms with E-state index in [-0.39, 0.29) is 0 Å². The van der Waals surface area contributed by atoms with Gasteiger partial charge in [-0.3, -0.25) is 0 Å². The molecule has 0 bridgehead atoms. The molecule has 0 unspecified atom stereocenters. The van der Waals surface area contributed by atoms with E-state index >= 15 is 0 Å². The summed E-state index contributed by atoms with van der Waals surface area (Å²) in [5.41, 5.74) is 2.51. The van der Waals surface area contributed by atoms with E-state index in [1.807, 2.05) is 24.3 Å². The van der Waals surface area contributed by atoms with Gasteiger partial charge in [-0.25, -0.2) is 0 Å². The highest BCUT2D eigenvalue weighted by molar-refractivity contribution is 5.47. The summed E-state index contributed by atoms with van der Waals surface area (Å²) in [6.07, 6.45) is 0. The molecular weight excluding hydrogens is 232 g/mol. The molecule has 2 aromatic rings. The number of benzene rings is 2. The zero-order chi connectivity index (χ0) is 13.8. The topological polar surface area (TPSA) is 9.23 Å². The van der Waals surface area contributed by atoms with E-state index in [0.29, 0.717) is 11.8 Å². The van der Waals surface area contributed by atoms with Crippen molar-refractivity contribution in [3.63, 3.8) is 0 Å². The van der Waals surface area contributed by atoms with E-state index in [1.165, 1.54) is 11.1 Å². The van der Waals surface area contributed by atoms with E-state index < -0.39 is 0 Å². The molecular formula is C18H21O. The predicted octanol–water partition coefficient (Wildman–Crippen LogP) is 5.53. The van der Waals surface area contributed by atoms with Crippen LogP contribution >= 0.6 is 0 Å². The maximum absolute atomic E-state index is 6.11. The lowest BCUT2D eigenvalue weighted by molar-refractivity contribution is 0.462. The molecule has 0 aliphatic heterocycles. The molecule has 0 saturated heterocycles. The molecule has 0 aliphatic carbocycles. The monoisotopic (exact) mass is 253 g/mol. The van der Waals surface area contributed by atoms with Gasteiger partial charge in [0.05, 0.1) is 0 Å². The Morgan fingerprint density at radius 1 is 0.842 bits per heavy atom. The van der Waals surface area contributed by atoms with Crippen molar-refractivity contribution in [1.82, 2.24) is 0 Å². The number of hydrogen-bond donors (Lipinski definition) is 0. The van der Waals surface area contributed by atoms with Crippen molar-refractivity contribution in [2.75, 3.05) is 0 Å². The second-order valence-corrected chi connectivity index (χ2v) is 5.40. The van der Waals surface area contributed by atoms with Crippen LogP contribution in [-0.2, 0) is 0 Å². The van der Waals surface area contributed by atoms with Crippen LogP contribution in [0, 0.1) is 6.07 Å². The van der Waals surface area contributed by atoms with Crippen molar-refractivity contribution in [2.24, 2.45) is 0 Å². The van der Waals surface area contributed by atoms with Gasteiger partial charge in [-0.05, 0) is 29.0 Å². The molecule has 19 heavy (non-hydrogen) atoms.